The minimum Gasteiger partial charge on any atom is -0.347 e. The Hall–Kier alpha value is -2.85. The van der Waals surface area contributed by atoms with Crippen LogP contribution in [-0.4, -0.2) is 10.5 Å². The maximum absolute atomic E-state index is 12.5. The number of carbonyl (C=O) groups is 1. The molecule has 26 heavy (non-hydrogen) atoms. The number of para-hydroxylation sites is 1. The van der Waals surface area contributed by atoms with Crippen molar-refractivity contribution in [2.24, 2.45) is 0 Å². The van der Waals surface area contributed by atoms with Crippen molar-refractivity contribution in [1.29, 1.82) is 0 Å². The van der Waals surface area contributed by atoms with Gasteiger partial charge in [-0.05, 0) is 43.7 Å². The molecule has 0 bridgehead atoms. The second kappa shape index (κ2) is 6.81. The zero-order valence-corrected chi connectivity index (χ0v) is 15.6. The van der Waals surface area contributed by atoms with E-state index in [4.69, 9.17) is 0 Å². The minimum absolute atomic E-state index is 0.0315. The van der Waals surface area contributed by atoms with Crippen LogP contribution in [0.2, 0.25) is 0 Å². The molecule has 0 aliphatic carbocycles. The van der Waals surface area contributed by atoms with E-state index >= 15 is 0 Å². The van der Waals surface area contributed by atoms with Crippen LogP contribution in [0.4, 0.5) is 0 Å². The molecule has 0 aliphatic heterocycles. The summed E-state index contributed by atoms with van der Waals surface area (Å²) in [5, 5.41) is 5.28. The Morgan fingerprint density at radius 2 is 1.77 bits per heavy atom. The normalized spacial score (nSPS) is 11.0. The molecule has 3 nitrogen and oxygen atoms in total. The molecule has 2 heterocycles. The van der Waals surface area contributed by atoms with Gasteiger partial charge in [0, 0.05) is 17.6 Å². The van der Waals surface area contributed by atoms with Gasteiger partial charge in [0.15, 0.2) is 0 Å². The van der Waals surface area contributed by atoms with E-state index in [9.17, 15) is 4.79 Å². The Balaban J connectivity index is 1.54. The van der Waals surface area contributed by atoms with Gasteiger partial charge in [-0.3, -0.25) is 4.79 Å². The molecule has 0 saturated heterocycles. The van der Waals surface area contributed by atoms with E-state index in [0.29, 0.717) is 6.54 Å². The molecule has 0 spiro atoms. The zero-order valence-electron chi connectivity index (χ0n) is 14.8. The highest BCUT2D eigenvalue weighted by Gasteiger charge is 2.13. The summed E-state index contributed by atoms with van der Waals surface area (Å²) in [5.74, 6) is -0.0315. The smallest absolute Gasteiger partial charge is 0.261 e. The number of hydrogen-bond donors (Lipinski definition) is 1. The lowest BCUT2D eigenvalue weighted by molar-refractivity contribution is 0.0955. The number of aromatic nitrogens is 1. The molecular formula is C22H20N2OS. The van der Waals surface area contributed by atoms with Gasteiger partial charge in [0.05, 0.1) is 10.4 Å². The van der Waals surface area contributed by atoms with Gasteiger partial charge in [0.2, 0.25) is 0 Å². The van der Waals surface area contributed by atoms with Crippen molar-refractivity contribution < 1.29 is 4.79 Å². The Morgan fingerprint density at radius 1 is 1.00 bits per heavy atom. The standard InChI is InChI=1S/C22H20N2OS/c1-15-7-9-17(10-8-15)14-23-22(25)20-11-12-21(26-20)24-16(2)13-18-5-3-4-6-19(18)24/h3-13H,14H2,1-2H3,(H,23,25). The fourth-order valence-electron chi connectivity index (χ4n) is 3.13. The monoisotopic (exact) mass is 360 g/mol. The molecule has 2 aromatic carbocycles. The lowest BCUT2D eigenvalue weighted by atomic mass is 10.1. The van der Waals surface area contributed by atoms with Crippen LogP contribution in [0.5, 0.6) is 0 Å². The highest BCUT2D eigenvalue weighted by Crippen LogP contribution is 2.28. The molecule has 0 aliphatic rings. The average molecular weight is 360 g/mol. The number of nitrogens with one attached hydrogen (secondary N) is 1. The number of carbonyl (C=O) groups excluding carboxylic acids is 1. The first kappa shape index (κ1) is 16.6. The van der Waals surface area contributed by atoms with Crippen LogP contribution >= 0.6 is 11.3 Å². The Morgan fingerprint density at radius 3 is 2.58 bits per heavy atom. The second-order valence-corrected chi connectivity index (χ2v) is 7.55. The first-order valence-corrected chi connectivity index (χ1v) is 9.44. The molecule has 0 saturated carbocycles. The number of fused-ring (bicyclic) bond motifs is 1. The number of amides is 1. The van der Waals surface area contributed by atoms with E-state index in [0.717, 1.165) is 15.4 Å². The van der Waals surface area contributed by atoms with Crippen molar-refractivity contribution in [2.75, 3.05) is 0 Å². The topological polar surface area (TPSA) is 34.0 Å². The van der Waals surface area contributed by atoms with Crippen LogP contribution < -0.4 is 5.32 Å². The molecule has 0 radical (unpaired) electrons. The molecule has 0 atom stereocenters. The number of benzene rings is 2. The van der Waals surface area contributed by atoms with Gasteiger partial charge < -0.3 is 9.88 Å². The molecule has 1 N–H and O–H groups in total. The third kappa shape index (κ3) is 3.16. The highest BCUT2D eigenvalue weighted by molar-refractivity contribution is 7.16. The van der Waals surface area contributed by atoms with Crippen molar-refractivity contribution in [1.82, 2.24) is 9.88 Å². The van der Waals surface area contributed by atoms with Gasteiger partial charge in [-0.2, -0.15) is 0 Å². The van der Waals surface area contributed by atoms with Gasteiger partial charge >= 0.3 is 0 Å². The first-order valence-electron chi connectivity index (χ1n) is 8.63. The van der Waals surface area contributed by atoms with Crippen LogP contribution in [0.25, 0.3) is 15.9 Å². The lowest BCUT2D eigenvalue weighted by Gasteiger charge is -2.05. The van der Waals surface area contributed by atoms with Gasteiger partial charge in [-0.25, -0.2) is 0 Å². The van der Waals surface area contributed by atoms with Crippen molar-refractivity contribution in [3.63, 3.8) is 0 Å². The van der Waals surface area contributed by atoms with Gasteiger partial charge in [-0.1, -0.05) is 48.0 Å². The van der Waals surface area contributed by atoms with Crippen molar-refractivity contribution in [2.45, 2.75) is 20.4 Å². The molecule has 4 aromatic rings. The van der Waals surface area contributed by atoms with Crippen molar-refractivity contribution in [3.8, 4) is 5.00 Å². The van der Waals surface area contributed by atoms with E-state index in [-0.39, 0.29) is 5.91 Å². The molecule has 2 aromatic heterocycles. The van der Waals surface area contributed by atoms with E-state index in [1.165, 1.54) is 33.5 Å². The molecule has 4 rings (SSSR count). The molecule has 4 heteroatoms. The van der Waals surface area contributed by atoms with E-state index in [1.54, 1.807) is 0 Å². The van der Waals surface area contributed by atoms with Crippen molar-refractivity contribution in [3.05, 3.63) is 88.4 Å². The van der Waals surface area contributed by atoms with E-state index < -0.39 is 0 Å². The largest absolute Gasteiger partial charge is 0.347 e. The van der Waals surface area contributed by atoms with Crippen molar-refractivity contribution >= 4 is 28.1 Å². The summed E-state index contributed by atoms with van der Waals surface area (Å²) in [5.41, 5.74) is 4.66. The summed E-state index contributed by atoms with van der Waals surface area (Å²) in [6, 6.07) is 22.6. The SMILES string of the molecule is Cc1ccc(CNC(=O)c2ccc(-n3c(C)cc4ccccc43)s2)cc1. The summed E-state index contributed by atoms with van der Waals surface area (Å²) < 4.78 is 2.21. The summed E-state index contributed by atoms with van der Waals surface area (Å²) in [7, 11) is 0. The van der Waals surface area contributed by atoms with Gasteiger partial charge in [0.1, 0.15) is 5.00 Å². The first-order chi connectivity index (χ1) is 12.6. The summed E-state index contributed by atoms with van der Waals surface area (Å²) in [4.78, 5) is 13.2. The van der Waals surface area contributed by atoms with Gasteiger partial charge in [0.25, 0.3) is 5.91 Å². The summed E-state index contributed by atoms with van der Waals surface area (Å²) >= 11 is 1.52. The highest BCUT2D eigenvalue weighted by atomic mass is 32.1. The van der Waals surface area contributed by atoms with Crippen LogP contribution in [0, 0.1) is 13.8 Å². The molecular weight excluding hydrogens is 340 g/mol. The number of hydrogen-bond acceptors (Lipinski definition) is 2. The van der Waals surface area contributed by atoms with Crippen LogP contribution in [-0.2, 0) is 6.54 Å². The Bertz CT molecular complexity index is 1070. The fourth-order valence-corrected chi connectivity index (χ4v) is 4.13. The average Bonchev–Trinajstić information content (AvgIpc) is 3.24. The fraction of sp³-hybridized carbons (Fsp3) is 0.136. The van der Waals surface area contributed by atoms with E-state index in [1.807, 2.05) is 36.4 Å². The maximum atomic E-state index is 12.5. The Labute approximate surface area is 156 Å². The molecule has 130 valence electrons. The predicted molar refractivity (Wildman–Crippen MR) is 108 cm³/mol. The predicted octanol–water partition coefficient (Wildman–Crippen LogP) is 5.24. The molecule has 1 amide bonds. The third-order valence-electron chi connectivity index (χ3n) is 4.50. The van der Waals surface area contributed by atoms with E-state index in [2.05, 4.69) is 54.1 Å². The van der Waals surface area contributed by atoms with Crippen LogP contribution in [0.1, 0.15) is 26.5 Å². The van der Waals surface area contributed by atoms with Gasteiger partial charge in [-0.15, -0.1) is 11.3 Å². The number of rotatable bonds is 4. The maximum Gasteiger partial charge on any atom is 0.261 e. The second-order valence-electron chi connectivity index (χ2n) is 6.49. The van der Waals surface area contributed by atoms with Crippen LogP contribution in [0.3, 0.4) is 0 Å². The minimum atomic E-state index is -0.0315. The Kier molecular flexibility index (Phi) is 4.35. The quantitative estimate of drug-likeness (QED) is 0.531. The zero-order chi connectivity index (χ0) is 18.1. The molecule has 0 unspecified atom stereocenters. The number of aryl methyl sites for hydroxylation is 2. The summed E-state index contributed by atoms with van der Waals surface area (Å²) in [6.45, 7) is 4.69. The third-order valence-corrected chi connectivity index (χ3v) is 5.57. The molecule has 0 fully saturated rings. The number of thiophene rings is 1. The lowest BCUT2D eigenvalue weighted by Crippen LogP contribution is -2.21. The summed E-state index contributed by atoms with van der Waals surface area (Å²) in [6.07, 6.45) is 0. The van der Waals surface area contributed by atoms with Crippen LogP contribution in [0.15, 0.2) is 66.7 Å². The number of nitrogens with zero attached hydrogens (tertiary/aromatic N) is 1.